The summed E-state index contributed by atoms with van der Waals surface area (Å²) >= 11 is 5.85. The van der Waals surface area contributed by atoms with E-state index in [2.05, 4.69) is 5.32 Å². The third-order valence-electron chi connectivity index (χ3n) is 5.23. The lowest BCUT2D eigenvalue weighted by Crippen LogP contribution is -2.32. The molecule has 0 bridgehead atoms. The molecule has 3 aromatic rings. The van der Waals surface area contributed by atoms with E-state index in [1.54, 1.807) is 12.1 Å². The van der Waals surface area contributed by atoms with Crippen LogP contribution in [0.5, 0.6) is 0 Å². The molecular formula is C24H16ClF3N2O2. The van der Waals surface area contributed by atoms with E-state index in [-0.39, 0.29) is 27.7 Å². The SMILES string of the molecule is Cc1ccc(C2=C(Nc3ccc(F)c(F)c3)C(=O)N(c3ccc(F)c(Cl)c3)C2=O)cc1C. The Bertz CT molecular complexity index is 1320. The van der Waals surface area contributed by atoms with Gasteiger partial charge in [-0.2, -0.15) is 0 Å². The Balaban J connectivity index is 1.85. The summed E-state index contributed by atoms with van der Waals surface area (Å²) in [4.78, 5) is 27.5. The molecular weight excluding hydrogens is 441 g/mol. The summed E-state index contributed by atoms with van der Waals surface area (Å²) in [6.07, 6.45) is 0. The van der Waals surface area contributed by atoms with E-state index in [4.69, 9.17) is 11.6 Å². The first-order valence-corrected chi connectivity index (χ1v) is 9.93. The van der Waals surface area contributed by atoms with Gasteiger partial charge in [-0.3, -0.25) is 9.59 Å². The molecule has 1 N–H and O–H groups in total. The quantitative estimate of drug-likeness (QED) is 0.507. The van der Waals surface area contributed by atoms with Crippen LogP contribution < -0.4 is 10.2 Å². The first-order valence-electron chi connectivity index (χ1n) is 9.55. The van der Waals surface area contributed by atoms with Crippen LogP contribution in [-0.4, -0.2) is 11.8 Å². The summed E-state index contributed by atoms with van der Waals surface area (Å²) in [6.45, 7) is 3.77. The van der Waals surface area contributed by atoms with Gasteiger partial charge in [-0.15, -0.1) is 0 Å². The summed E-state index contributed by atoms with van der Waals surface area (Å²) in [5.74, 6) is -4.25. The lowest BCUT2D eigenvalue weighted by atomic mass is 9.99. The Kier molecular flexibility index (Phi) is 5.52. The molecule has 162 valence electrons. The smallest absolute Gasteiger partial charge is 0.282 e. The van der Waals surface area contributed by atoms with Crippen molar-refractivity contribution >= 4 is 40.4 Å². The Morgan fingerprint density at radius 2 is 1.50 bits per heavy atom. The predicted molar refractivity (Wildman–Crippen MR) is 117 cm³/mol. The highest BCUT2D eigenvalue weighted by atomic mass is 35.5. The lowest BCUT2D eigenvalue weighted by Gasteiger charge is -2.16. The number of carbonyl (C=O) groups is 2. The molecule has 1 heterocycles. The molecule has 0 spiro atoms. The zero-order chi connectivity index (χ0) is 23.2. The molecule has 32 heavy (non-hydrogen) atoms. The molecule has 4 rings (SSSR count). The van der Waals surface area contributed by atoms with E-state index in [0.29, 0.717) is 5.56 Å². The van der Waals surface area contributed by atoms with Gasteiger partial charge in [0.1, 0.15) is 11.5 Å². The Labute approximate surface area is 186 Å². The fraction of sp³-hybridized carbons (Fsp3) is 0.0833. The highest BCUT2D eigenvalue weighted by molar-refractivity contribution is 6.46. The second kappa shape index (κ2) is 8.16. The normalized spacial score (nSPS) is 13.9. The molecule has 3 aromatic carbocycles. The predicted octanol–water partition coefficient (Wildman–Crippen LogP) is 5.77. The summed E-state index contributed by atoms with van der Waals surface area (Å²) in [5, 5.41) is 2.50. The highest BCUT2D eigenvalue weighted by Crippen LogP contribution is 2.35. The van der Waals surface area contributed by atoms with Crippen LogP contribution in [0.15, 0.2) is 60.3 Å². The van der Waals surface area contributed by atoms with Crippen LogP contribution in [0.2, 0.25) is 5.02 Å². The van der Waals surface area contributed by atoms with Crippen LogP contribution >= 0.6 is 11.6 Å². The van der Waals surface area contributed by atoms with Crippen LogP contribution in [-0.2, 0) is 9.59 Å². The van der Waals surface area contributed by atoms with Crippen LogP contribution in [0.25, 0.3) is 5.57 Å². The van der Waals surface area contributed by atoms with E-state index in [9.17, 15) is 22.8 Å². The zero-order valence-electron chi connectivity index (χ0n) is 17.0. The van der Waals surface area contributed by atoms with Crippen molar-refractivity contribution in [3.05, 3.63) is 99.5 Å². The number of rotatable bonds is 4. The standard InChI is InChI=1S/C24H16ClF3N2O2/c1-12-3-4-14(9-13(12)2)21-22(29-15-5-7-19(27)20(28)10-15)24(32)30(23(21)31)16-6-8-18(26)17(25)11-16/h3-11,29H,1-2H3. The third kappa shape index (κ3) is 3.76. The molecule has 8 heteroatoms. The number of nitrogens with zero attached hydrogens (tertiary/aromatic N) is 1. The van der Waals surface area contributed by atoms with Crippen LogP contribution in [0, 0.1) is 31.3 Å². The number of aryl methyl sites for hydroxylation is 2. The Morgan fingerprint density at radius 1 is 0.781 bits per heavy atom. The number of halogens is 4. The Hall–Kier alpha value is -3.58. The largest absolute Gasteiger partial charge is 0.350 e. The minimum absolute atomic E-state index is 0.0447. The molecule has 0 atom stereocenters. The first-order chi connectivity index (χ1) is 15.2. The molecule has 0 saturated carbocycles. The van der Waals surface area contributed by atoms with Crippen molar-refractivity contribution < 1.29 is 22.8 Å². The van der Waals surface area contributed by atoms with Gasteiger partial charge >= 0.3 is 0 Å². The number of imide groups is 1. The van der Waals surface area contributed by atoms with Gasteiger partial charge in [-0.1, -0.05) is 29.8 Å². The van der Waals surface area contributed by atoms with Crippen LogP contribution in [0.1, 0.15) is 16.7 Å². The van der Waals surface area contributed by atoms with Gasteiger partial charge in [0, 0.05) is 11.8 Å². The van der Waals surface area contributed by atoms with Gasteiger partial charge in [0.25, 0.3) is 11.8 Å². The van der Waals surface area contributed by atoms with Crippen molar-refractivity contribution in [1.82, 2.24) is 0 Å². The summed E-state index contributed by atoms with van der Waals surface area (Å²) < 4.78 is 40.7. The average Bonchev–Trinajstić information content (AvgIpc) is 2.99. The first kappa shape index (κ1) is 21.6. The topological polar surface area (TPSA) is 49.4 Å². The maximum Gasteiger partial charge on any atom is 0.282 e. The van der Waals surface area contributed by atoms with Gasteiger partial charge in [-0.25, -0.2) is 18.1 Å². The number of carbonyl (C=O) groups excluding carboxylic acids is 2. The van der Waals surface area contributed by atoms with E-state index in [0.717, 1.165) is 34.2 Å². The molecule has 0 aromatic heterocycles. The summed E-state index contributed by atoms with van der Waals surface area (Å²) in [7, 11) is 0. The number of amides is 2. The lowest BCUT2D eigenvalue weighted by molar-refractivity contribution is -0.120. The highest BCUT2D eigenvalue weighted by Gasteiger charge is 2.40. The fourth-order valence-electron chi connectivity index (χ4n) is 3.39. The van der Waals surface area contributed by atoms with E-state index >= 15 is 0 Å². The second-order valence-electron chi connectivity index (χ2n) is 7.35. The van der Waals surface area contributed by atoms with Crippen molar-refractivity contribution in [3.63, 3.8) is 0 Å². The van der Waals surface area contributed by atoms with Crippen LogP contribution in [0.3, 0.4) is 0 Å². The molecule has 4 nitrogen and oxygen atoms in total. The molecule has 0 saturated heterocycles. The molecule has 0 radical (unpaired) electrons. The van der Waals surface area contributed by atoms with E-state index < -0.39 is 29.3 Å². The van der Waals surface area contributed by atoms with Crippen LogP contribution in [0.4, 0.5) is 24.5 Å². The third-order valence-corrected chi connectivity index (χ3v) is 5.52. The number of hydrogen-bond donors (Lipinski definition) is 1. The van der Waals surface area contributed by atoms with Crippen molar-refractivity contribution in [3.8, 4) is 0 Å². The van der Waals surface area contributed by atoms with E-state index in [1.165, 1.54) is 18.2 Å². The minimum atomic E-state index is -1.11. The summed E-state index contributed by atoms with van der Waals surface area (Å²) in [5.41, 5.74) is 2.43. The Morgan fingerprint density at radius 3 is 2.16 bits per heavy atom. The zero-order valence-corrected chi connectivity index (χ0v) is 17.7. The number of hydrogen-bond acceptors (Lipinski definition) is 3. The minimum Gasteiger partial charge on any atom is -0.350 e. The molecule has 2 amide bonds. The van der Waals surface area contributed by atoms with Gasteiger partial charge in [0.15, 0.2) is 11.6 Å². The maximum absolute atomic E-state index is 13.7. The molecule has 0 fully saturated rings. The van der Waals surface area contributed by atoms with Gasteiger partial charge in [-0.05, 0) is 60.9 Å². The average molecular weight is 457 g/mol. The van der Waals surface area contributed by atoms with Crippen molar-refractivity contribution in [1.29, 1.82) is 0 Å². The fourth-order valence-corrected chi connectivity index (χ4v) is 3.56. The monoisotopic (exact) mass is 456 g/mol. The molecule has 1 aliphatic heterocycles. The second-order valence-corrected chi connectivity index (χ2v) is 7.75. The number of anilines is 2. The van der Waals surface area contributed by atoms with E-state index in [1.807, 2.05) is 19.9 Å². The number of benzene rings is 3. The molecule has 1 aliphatic rings. The molecule has 0 aliphatic carbocycles. The number of nitrogens with one attached hydrogen (secondary N) is 1. The van der Waals surface area contributed by atoms with Crippen molar-refractivity contribution in [2.24, 2.45) is 0 Å². The van der Waals surface area contributed by atoms with Crippen molar-refractivity contribution in [2.45, 2.75) is 13.8 Å². The van der Waals surface area contributed by atoms with Gasteiger partial charge in [0.2, 0.25) is 0 Å². The van der Waals surface area contributed by atoms with Crippen molar-refractivity contribution in [2.75, 3.05) is 10.2 Å². The van der Waals surface area contributed by atoms with Gasteiger partial charge in [0.05, 0.1) is 16.3 Å². The molecule has 0 unspecified atom stereocenters. The maximum atomic E-state index is 13.7. The summed E-state index contributed by atoms with van der Waals surface area (Å²) in [6, 6.07) is 11.8. The van der Waals surface area contributed by atoms with Gasteiger partial charge < -0.3 is 5.32 Å².